The van der Waals surface area contributed by atoms with Gasteiger partial charge in [-0.25, -0.2) is 0 Å². The average Bonchev–Trinajstić information content (AvgIpc) is 1.98. The number of hydrogen-bond donors (Lipinski definition) is 0. The summed E-state index contributed by atoms with van der Waals surface area (Å²) in [5.41, 5.74) is 0. The molecule has 0 aliphatic rings. The predicted octanol–water partition coefficient (Wildman–Crippen LogP) is 4.87. The summed E-state index contributed by atoms with van der Waals surface area (Å²) in [5, 5.41) is 0. The second kappa shape index (κ2) is 4.14. The molecule has 0 radical (unpaired) electrons. The van der Waals surface area contributed by atoms with Crippen LogP contribution in [0.25, 0.3) is 0 Å². The van der Waals surface area contributed by atoms with Crippen LogP contribution in [0.5, 0.6) is 0 Å². The van der Waals surface area contributed by atoms with Gasteiger partial charge in [0.05, 0.1) is 0 Å². The Hall–Kier alpha value is 0.260. The summed E-state index contributed by atoms with van der Waals surface area (Å²) >= 11 is 1.48. The Morgan fingerprint density at radius 3 is 0.706 bits per heavy atom. The zero-order valence-corrected chi connectivity index (χ0v) is 10.2. The van der Waals surface area contributed by atoms with Crippen LogP contribution in [0.15, 0.2) is 0 Å². The molecule has 0 aliphatic heterocycles. The molecular weight excluding hydrogens is 410 g/mol. The van der Waals surface area contributed by atoms with Crippen molar-refractivity contribution in [1.29, 1.82) is 0 Å². The van der Waals surface area contributed by atoms with E-state index in [1.807, 2.05) is 0 Å². The van der Waals surface area contributed by atoms with Gasteiger partial charge in [0.15, 0.2) is 0 Å². The van der Waals surface area contributed by atoms with Crippen LogP contribution in [0.4, 0.5) is 43.9 Å². The van der Waals surface area contributed by atoms with Gasteiger partial charge in [-0.1, -0.05) is 0 Å². The SMILES string of the molecule is FC(F)(Br)C(F)(F)C(F)(F)C(F)(F)C(F)(F)Br. The normalized spacial score (nSPS) is 16.2. The Morgan fingerprint density at radius 1 is 0.412 bits per heavy atom. The zero-order chi connectivity index (χ0) is 14.5. The molecule has 0 atom stereocenters. The Balaban J connectivity index is 5.73. The molecule has 0 saturated heterocycles. The Bertz CT molecular complexity index is 258. The van der Waals surface area contributed by atoms with Gasteiger partial charge in [-0.05, 0) is 31.9 Å². The summed E-state index contributed by atoms with van der Waals surface area (Å²) in [6, 6.07) is 0. The van der Waals surface area contributed by atoms with Gasteiger partial charge in [-0.15, -0.1) is 0 Å². The number of alkyl halides is 12. The number of hydrogen-bond acceptors (Lipinski definition) is 0. The van der Waals surface area contributed by atoms with Crippen molar-refractivity contribution in [3.63, 3.8) is 0 Å². The van der Waals surface area contributed by atoms with Gasteiger partial charge in [0.25, 0.3) is 0 Å². The van der Waals surface area contributed by atoms with Crippen molar-refractivity contribution >= 4 is 31.9 Å². The van der Waals surface area contributed by atoms with Crippen molar-refractivity contribution in [2.24, 2.45) is 0 Å². The third-order valence-electron chi connectivity index (χ3n) is 1.50. The predicted molar refractivity (Wildman–Crippen MR) is 42.6 cm³/mol. The summed E-state index contributed by atoms with van der Waals surface area (Å²) in [7, 11) is 0. The van der Waals surface area contributed by atoms with Crippen molar-refractivity contribution in [1.82, 2.24) is 0 Å². The van der Waals surface area contributed by atoms with Crippen molar-refractivity contribution in [2.75, 3.05) is 0 Å². The average molecular weight is 410 g/mol. The molecule has 0 aromatic carbocycles. The largest absolute Gasteiger partial charge is 0.388 e. The summed E-state index contributed by atoms with van der Waals surface area (Å²) < 4.78 is 122. The van der Waals surface area contributed by atoms with Crippen LogP contribution < -0.4 is 0 Å². The molecule has 0 aromatic rings. The van der Waals surface area contributed by atoms with Gasteiger partial charge < -0.3 is 0 Å². The number of rotatable bonds is 4. The van der Waals surface area contributed by atoms with Gasteiger partial charge in [0.2, 0.25) is 0 Å². The summed E-state index contributed by atoms with van der Waals surface area (Å²) in [6.07, 6.45) is 0. The highest BCUT2D eigenvalue weighted by molar-refractivity contribution is 9.10. The molecule has 0 amide bonds. The maximum Gasteiger partial charge on any atom is 0.388 e. The summed E-state index contributed by atoms with van der Waals surface area (Å²) in [6.45, 7) is 0. The lowest BCUT2D eigenvalue weighted by Gasteiger charge is -2.36. The van der Waals surface area contributed by atoms with E-state index in [1.165, 1.54) is 0 Å². The molecule has 0 aliphatic carbocycles. The quantitative estimate of drug-likeness (QED) is 0.459. The molecular formula is C5Br2F10. The maximum atomic E-state index is 12.5. The van der Waals surface area contributed by atoms with Crippen LogP contribution in [-0.4, -0.2) is 27.4 Å². The lowest BCUT2D eigenvalue weighted by molar-refractivity contribution is -0.370. The minimum Gasteiger partial charge on any atom is -0.192 e. The third kappa shape index (κ3) is 2.51. The summed E-state index contributed by atoms with van der Waals surface area (Å²) in [5.74, 6) is -20.5. The molecule has 0 unspecified atom stereocenters. The van der Waals surface area contributed by atoms with E-state index in [9.17, 15) is 43.9 Å². The lowest BCUT2D eigenvalue weighted by atomic mass is 10.1. The van der Waals surface area contributed by atoms with E-state index in [0.29, 0.717) is 0 Å². The Kier molecular flexibility index (Phi) is 4.20. The molecule has 17 heavy (non-hydrogen) atoms. The highest BCUT2D eigenvalue weighted by atomic mass is 79.9. The first kappa shape index (κ1) is 17.3. The van der Waals surface area contributed by atoms with Gasteiger partial charge in [-0.2, -0.15) is 43.9 Å². The minimum absolute atomic E-state index is 0.738. The van der Waals surface area contributed by atoms with Crippen LogP contribution in [-0.2, 0) is 0 Å². The third-order valence-corrected chi connectivity index (χ3v) is 2.50. The van der Waals surface area contributed by atoms with Crippen LogP contribution in [0, 0.1) is 0 Å². The molecule has 0 nitrogen and oxygen atoms in total. The first-order valence-corrected chi connectivity index (χ1v) is 4.85. The lowest BCUT2D eigenvalue weighted by Crippen LogP contribution is -2.64. The van der Waals surface area contributed by atoms with Crippen molar-refractivity contribution in [3.8, 4) is 0 Å². The molecule has 0 rings (SSSR count). The first-order valence-electron chi connectivity index (χ1n) is 3.27. The number of halogens is 12. The van der Waals surface area contributed by atoms with E-state index >= 15 is 0 Å². The van der Waals surface area contributed by atoms with E-state index in [1.54, 1.807) is 0 Å². The van der Waals surface area contributed by atoms with E-state index in [2.05, 4.69) is 0 Å². The fourth-order valence-electron chi connectivity index (χ4n) is 0.553. The molecule has 0 bridgehead atoms. The van der Waals surface area contributed by atoms with E-state index in [-0.39, 0.29) is 0 Å². The van der Waals surface area contributed by atoms with Gasteiger partial charge in [0.1, 0.15) is 0 Å². The van der Waals surface area contributed by atoms with Gasteiger partial charge in [-0.3, -0.25) is 0 Å². The highest BCUT2D eigenvalue weighted by Crippen LogP contribution is 2.59. The second-order valence-corrected chi connectivity index (χ2v) is 4.71. The monoisotopic (exact) mass is 408 g/mol. The van der Waals surface area contributed by atoms with E-state index in [4.69, 9.17) is 0 Å². The Morgan fingerprint density at radius 2 is 0.588 bits per heavy atom. The molecule has 0 saturated carbocycles. The molecule has 104 valence electrons. The van der Waals surface area contributed by atoms with Gasteiger partial charge in [0, 0.05) is 0 Å². The van der Waals surface area contributed by atoms with E-state index in [0.717, 1.165) is 31.9 Å². The first-order chi connectivity index (χ1) is 7.00. The fraction of sp³-hybridized carbons (Fsp3) is 1.00. The van der Waals surface area contributed by atoms with Gasteiger partial charge >= 0.3 is 27.4 Å². The van der Waals surface area contributed by atoms with E-state index < -0.39 is 27.4 Å². The van der Waals surface area contributed by atoms with Crippen LogP contribution in [0.3, 0.4) is 0 Å². The molecule has 12 heteroatoms. The topological polar surface area (TPSA) is 0 Å². The van der Waals surface area contributed by atoms with Crippen LogP contribution in [0.2, 0.25) is 0 Å². The van der Waals surface area contributed by atoms with Crippen LogP contribution in [0.1, 0.15) is 0 Å². The van der Waals surface area contributed by atoms with Crippen molar-refractivity contribution in [2.45, 2.75) is 27.4 Å². The standard InChI is InChI=1S/C5Br2F10/c6-4(14,15)2(10,11)1(8,9)3(12,13)5(7,16)17. The minimum atomic E-state index is -7.00. The molecule has 0 spiro atoms. The molecule has 0 fully saturated rings. The smallest absolute Gasteiger partial charge is 0.192 e. The van der Waals surface area contributed by atoms with Crippen LogP contribution >= 0.6 is 31.9 Å². The summed E-state index contributed by atoms with van der Waals surface area (Å²) in [4.78, 5) is -11.6. The second-order valence-electron chi connectivity index (χ2n) is 2.72. The fourth-order valence-corrected chi connectivity index (χ4v) is 1.05. The van der Waals surface area contributed by atoms with Crippen molar-refractivity contribution < 1.29 is 43.9 Å². The molecule has 0 heterocycles. The molecule has 0 aromatic heterocycles. The zero-order valence-electron chi connectivity index (χ0n) is 7.04. The molecule has 0 N–H and O–H groups in total. The highest BCUT2D eigenvalue weighted by Gasteiger charge is 2.85. The Labute approximate surface area is 104 Å². The van der Waals surface area contributed by atoms with Crippen molar-refractivity contribution in [3.05, 3.63) is 0 Å². The maximum absolute atomic E-state index is 12.5.